The molecule has 0 aromatic heterocycles. The van der Waals surface area contributed by atoms with E-state index in [-0.39, 0.29) is 17.8 Å². The number of benzene rings is 1. The predicted octanol–water partition coefficient (Wildman–Crippen LogP) is 2.31. The summed E-state index contributed by atoms with van der Waals surface area (Å²) in [6.07, 6.45) is 4.40. The van der Waals surface area contributed by atoms with Gasteiger partial charge in [-0.15, -0.1) is 0 Å². The number of carbonyl (C=O) groups excluding carboxylic acids is 1. The van der Waals surface area contributed by atoms with Gasteiger partial charge in [0.05, 0.1) is 0 Å². The molecule has 1 aliphatic carbocycles. The number of carbonyl (C=O) groups is 1. The third kappa shape index (κ3) is 3.35. The van der Waals surface area contributed by atoms with E-state index in [4.69, 9.17) is 10.9 Å². The second-order valence-corrected chi connectivity index (χ2v) is 5.43. The molecule has 0 heterocycles. The molecule has 0 aliphatic heterocycles. The molecule has 1 aliphatic rings. The molecule has 1 aromatic rings. The fourth-order valence-corrected chi connectivity index (χ4v) is 3.12. The van der Waals surface area contributed by atoms with Crippen LogP contribution >= 0.6 is 0 Å². The molecule has 1 amide bonds. The summed E-state index contributed by atoms with van der Waals surface area (Å²) in [5.41, 5.74) is 6.55. The van der Waals surface area contributed by atoms with E-state index < -0.39 is 5.92 Å². The maximum atomic E-state index is 12.9. The summed E-state index contributed by atoms with van der Waals surface area (Å²) in [5, 5.41) is 12.1. The Morgan fingerprint density at radius 1 is 1.38 bits per heavy atom. The van der Waals surface area contributed by atoms with Gasteiger partial charge < -0.3 is 15.8 Å². The highest BCUT2D eigenvalue weighted by atomic mass is 16.4. The zero-order valence-electron chi connectivity index (χ0n) is 12.4. The fourth-order valence-electron chi connectivity index (χ4n) is 3.12. The molecule has 0 saturated heterocycles. The van der Waals surface area contributed by atoms with Crippen molar-refractivity contribution < 1.29 is 10.0 Å². The molecule has 1 saturated carbocycles. The summed E-state index contributed by atoms with van der Waals surface area (Å²) in [6, 6.07) is 9.54. The standard InChI is InChI=1S/C16H23N3O2/c1-2-19(13-10-6-7-11-13)16(20)14(15(17)18-21)12-8-4-3-5-9-12/h3-5,8-9,13-14,21H,2,6-7,10-11H2,1H3,(H2,17,18). The Balaban J connectivity index is 2.29. The lowest BCUT2D eigenvalue weighted by Crippen LogP contribution is -2.45. The smallest absolute Gasteiger partial charge is 0.238 e. The van der Waals surface area contributed by atoms with Gasteiger partial charge in [-0.2, -0.15) is 0 Å². The van der Waals surface area contributed by atoms with E-state index in [1.165, 1.54) is 0 Å². The summed E-state index contributed by atoms with van der Waals surface area (Å²) in [6.45, 7) is 2.62. The first-order valence-electron chi connectivity index (χ1n) is 7.51. The molecule has 1 atom stereocenters. The minimum Gasteiger partial charge on any atom is -0.409 e. The first-order chi connectivity index (χ1) is 10.2. The molecule has 1 unspecified atom stereocenters. The summed E-state index contributed by atoms with van der Waals surface area (Å²) in [4.78, 5) is 14.8. The molecule has 1 fully saturated rings. The zero-order valence-corrected chi connectivity index (χ0v) is 12.4. The largest absolute Gasteiger partial charge is 0.409 e. The highest BCUT2D eigenvalue weighted by Gasteiger charge is 2.33. The molecular weight excluding hydrogens is 266 g/mol. The molecule has 0 spiro atoms. The summed E-state index contributed by atoms with van der Waals surface area (Å²) in [7, 11) is 0. The Bertz CT molecular complexity index is 496. The second-order valence-electron chi connectivity index (χ2n) is 5.43. The Hall–Kier alpha value is -2.04. The van der Waals surface area contributed by atoms with Gasteiger partial charge in [-0.25, -0.2) is 0 Å². The zero-order chi connectivity index (χ0) is 15.2. The summed E-state index contributed by atoms with van der Waals surface area (Å²) in [5.74, 6) is -0.842. The van der Waals surface area contributed by atoms with Crippen molar-refractivity contribution in [2.24, 2.45) is 10.9 Å². The van der Waals surface area contributed by atoms with Crippen LogP contribution in [0, 0.1) is 0 Å². The topological polar surface area (TPSA) is 78.9 Å². The average Bonchev–Trinajstić information content (AvgIpc) is 3.03. The number of rotatable bonds is 5. The average molecular weight is 289 g/mol. The monoisotopic (exact) mass is 289 g/mol. The quantitative estimate of drug-likeness (QED) is 0.378. The lowest BCUT2D eigenvalue weighted by molar-refractivity contribution is -0.133. The normalized spacial score (nSPS) is 17.7. The number of nitrogens with two attached hydrogens (primary N) is 1. The first kappa shape index (κ1) is 15.4. The van der Waals surface area contributed by atoms with Crippen LogP contribution in [0.2, 0.25) is 0 Å². The van der Waals surface area contributed by atoms with Crippen LogP contribution in [0.1, 0.15) is 44.1 Å². The third-order valence-electron chi connectivity index (χ3n) is 4.18. The van der Waals surface area contributed by atoms with Gasteiger partial charge in [0.2, 0.25) is 5.91 Å². The Morgan fingerprint density at radius 2 is 2.00 bits per heavy atom. The maximum absolute atomic E-state index is 12.9. The lowest BCUT2D eigenvalue weighted by Gasteiger charge is -2.31. The molecule has 21 heavy (non-hydrogen) atoms. The van der Waals surface area contributed by atoms with Crippen LogP contribution in [0.3, 0.4) is 0 Å². The van der Waals surface area contributed by atoms with Crippen LogP contribution in [0.15, 0.2) is 35.5 Å². The fraction of sp³-hybridized carbons (Fsp3) is 0.500. The van der Waals surface area contributed by atoms with Crippen LogP contribution in [-0.2, 0) is 4.79 Å². The van der Waals surface area contributed by atoms with Crippen LogP contribution in [0.4, 0.5) is 0 Å². The van der Waals surface area contributed by atoms with E-state index in [1.54, 1.807) is 0 Å². The van der Waals surface area contributed by atoms with Gasteiger partial charge in [0.15, 0.2) is 5.84 Å². The second kappa shape index (κ2) is 7.11. The van der Waals surface area contributed by atoms with Crippen molar-refractivity contribution in [1.82, 2.24) is 4.90 Å². The van der Waals surface area contributed by atoms with Crippen molar-refractivity contribution in [3.63, 3.8) is 0 Å². The molecule has 0 radical (unpaired) electrons. The lowest BCUT2D eigenvalue weighted by atomic mass is 9.95. The van der Waals surface area contributed by atoms with Gasteiger partial charge in [-0.3, -0.25) is 4.79 Å². The minimum absolute atomic E-state index is 0.0531. The number of likely N-dealkylation sites (N-methyl/N-ethyl adjacent to an activating group) is 1. The molecular formula is C16H23N3O2. The number of amides is 1. The van der Waals surface area contributed by atoms with E-state index in [2.05, 4.69) is 5.16 Å². The first-order valence-corrected chi connectivity index (χ1v) is 7.51. The number of nitrogens with zero attached hydrogens (tertiary/aromatic N) is 2. The van der Waals surface area contributed by atoms with Gasteiger partial charge in [0.1, 0.15) is 5.92 Å². The number of hydrogen-bond acceptors (Lipinski definition) is 3. The van der Waals surface area contributed by atoms with Crippen molar-refractivity contribution >= 4 is 11.7 Å². The van der Waals surface area contributed by atoms with Gasteiger partial charge in [-0.05, 0) is 25.3 Å². The van der Waals surface area contributed by atoms with Crippen molar-refractivity contribution in [2.45, 2.75) is 44.6 Å². The van der Waals surface area contributed by atoms with Gasteiger partial charge >= 0.3 is 0 Å². The third-order valence-corrected chi connectivity index (χ3v) is 4.18. The van der Waals surface area contributed by atoms with Gasteiger partial charge in [-0.1, -0.05) is 48.3 Å². The number of oxime groups is 1. The van der Waals surface area contributed by atoms with Crippen molar-refractivity contribution in [3.8, 4) is 0 Å². The highest BCUT2D eigenvalue weighted by molar-refractivity contribution is 6.07. The Morgan fingerprint density at radius 3 is 2.52 bits per heavy atom. The molecule has 0 bridgehead atoms. The van der Waals surface area contributed by atoms with Crippen LogP contribution in [0.25, 0.3) is 0 Å². The highest BCUT2D eigenvalue weighted by Crippen LogP contribution is 2.27. The molecule has 2 rings (SSSR count). The van der Waals surface area contributed by atoms with Crippen molar-refractivity contribution in [3.05, 3.63) is 35.9 Å². The van der Waals surface area contributed by atoms with E-state index in [0.717, 1.165) is 31.2 Å². The van der Waals surface area contributed by atoms with Gasteiger partial charge in [0.25, 0.3) is 0 Å². The summed E-state index contributed by atoms with van der Waals surface area (Å²) < 4.78 is 0. The predicted molar refractivity (Wildman–Crippen MR) is 82.2 cm³/mol. The minimum atomic E-state index is -0.711. The van der Waals surface area contributed by atoms with E-state index in [0.29, 0.717) is 6.54 Å². The molecule has 5 heteroatoms. The maximum Gasteiger partial charge on any atom is 0.238 e. The molecule has 3 N–H and O–H groups in total. The Labute approximate surface area is 125 Å². The van der Waals surface area contributed by atoms with Crippen molar-refractivity contribution in [2.75, 3.05) is 6.54 Å². The van der Waals surface area contributed by atoms with E-state index in [9.17, 15) is 4.79 Å². The number of hydrogen-bond donors (Lipinski definition) is 2. The molecule has 5 nitrogen and oxygen atoms in total. The van der Waals surface area contributed by atoms with E-state index >= 15 is 0 Å². The number of amidine groups is 1. The van der Waals surface area contributed by atoms with E-state index in [1.807, 2.05) is 42.2 Å². The SMILES string of the molecule is CCN(C(=O)C(C(N)=NO)c1ccccc1)C1CCCC1. The molecule has 1 aromatic carbocycles. The van der Waals surface area contributed by atoms with Crippen molar-refractivity contribution in [1.29, 1.82) is 0 Å². The molecule has 114 valence electrons. The van der Waals surface area contributed by atoms with Gasteiger partial charge in [0, 0.05) is 12.6 Å². The van der Waals surface area contributed by atoms with Crippen LogP contribution in [0.5, 0.6) is 0 Å². The van der Waals surface area contributed by atoms with Crippen LogP contribution < -0.4 is 5.73 Å². The Kier molecular flexibility index (Phi) is 5.20. The summed E-state index contributed by atoms with van der Waals surface area (Å²) >= 11 is 0. The van der Waals surface area contributed by atoms with Crippen LogP contribution in [-0.4, -0.2) is 34.4 Å².